The number of hydrogen-bond acceptors (Lipinski definition) is 3. The molecule has 0 fully saturated rings. The number of aromatic hydroxyl groups is 1. The highest BCUT2D eigenvalue weighted by atomic mass is 16.3. The zero-order valence-electron chi connectivity index (χ0n) is 11.1. The highest BCUT2D eigenvalue weighted by Crippen LogP contribution is 2.19. The summed E-state index contributed by atoms with van der Waals surface area (Å²) in [7, 11) is 1.86. The summed E-state index contributed by atoms with van der Waals surface area (Å²) in [6, 6.07) is 4.94. The van der Waals surface area contributed by atoms with E-state index in [9.17, 15) is 9.90 Å². The molecular weight excluding hydrogens is 242 g/mol. The second kappa shape index (κ2) is 5.56. The van der Waals surface area contributed by atoms with E-state index < -0.39 is 0 Å². The molecule has 1 aromatic carbocycles. The molecule has 0 aliphatic rings. The van der Waals surface area contributed by atoms with Crippen molar-refractivity contribution < 1.29 is 9.90 Å². The van der Waals surface area contributed by atoms with Gasteiger partial charge in [-0.2, -0.15) is 5.10 Å². The van der Waals surface area contributed by atoms with Crippen LogP contribution in [0.2, 0.25) is 0 Å². The van der Waals surface area contributed by atoms with Gasteiger partial charge in [0.25, 0.3) is 5.91 Å². The highest BCUT2D eigenvalue weighted by Gasteiger charge is 2.10. The van der Waals surface area contributed by atoms with Gasteiger partial charge in [-0.3, -0.25) is 9.48 Å². The standard InChI is InChI=1S/C14H17N3O2/c1-10-12(4-3-5-13(10)18)14(19)15-7-6-11-8-16-17(2)9-11/h3-5,8-9,18H,6-7H2,1-2H3,(H,15,19). The summed E-state index contributed by atoms with van der Waals surface area (Å²) < 4.78 is 1.73. The van der Waals surface area contributed by atoms with Crippen molar-refractivity contribution in [2.24, 2.45) is 7.05 Å². The van der Waals surface area contributed by atoms with Crippen molar-refractivity contribution in [3.63, 3.8) is 0 Å². The van der Waals surface area contributed by atoms with Gasteiger partial charge in [-0.25, -0.2) is 0 Å². The minimum atomic E-state index is -0.169. The van der Waals surface area contributed by atoms with Gasteiger partial charge in [0.15, 0.2) is 0 Å². The fourth-order valence-electron chi connectivity index (χ4n) is 1.89. The molecule has 0 atom stereocenters. The van der Waals surface area contributed by atoms with Gasteiger partial charge in [0, 0.05) is 30.9 Å². The molecule has 100 valence electrons. The zero-order valence-corrected chi connectivity index (χ0v) is 11.1. The molecule has 1 heterocycles. The molecule has 19 heavy (non-hydrogen) atoms. The fourth-order valence-corrected chi connectivity index (χ4v) is 1.89. The summed E-state index contributed by atoms with van der Waals surface area (Å²) in [5.74, 6) is -0.0304. The van der Waals surface area contributed by atoms with Crippen LogP contribution in [0.5, 0.6) is 5.75 Å². The summed E-state index contributed by atoms with van der Waals surface area (Å²) in [6.45, 7) is 2.27. The molecule has 1 amide bonds. The van der Waals surface area contributed by atoms with Crippen molar-refractivity contribution in [1.82, 2.24) is 15.1 Å². The van der Waals surface area contributed by atoms with E-state index in [0.29, 0.717) is 17.7 Å². The number of rotatable bonds is 4. The van der Waals surface area contributed by atoms with Crippen LogP contribution in [0.25, 0.3) is 0 Å². The third-order valence-electron chi connectivity index (χ3n) is 3.01. The number of aryl methyl sites for hydroxylation is 1. The van der Waals surface area contributed by atoms with Crippen LogP contribution in [0, 0.1) is 6.92 Å². The first-order chi connectivity index (χ1) is 9.08. The van der Waals surface area contributed by atoms with Gasteiger partial charge in [-0.05, 0) is 31.0 Å². The molecule has 5 nitrogen and oxygen atoms in total. The third kappa shape index (κ3) is 3.13. The van der Waals surface area contributed by atoms with Gasteiger partial charge >= 0.3 is 0 Å². The van der Waals surface area contributed by atoms with Crippen LogP contribution in [0.1, 0.15) is 21.5 Å². The fraction of sp³-hybridized carbons (Fsp3) is 0.286. The Morgan fingerprint density at radius 3 is 2.95 bits per heavy atom. The zero-order chi connectivity index (χ0) is 13.8. The SMILES string of the molecule is Cc1c(O)cccc1C(=O)NCCc1cnn(C)c1. The van der Waals surface area contributed by atoms with E-state index in [-0.39, 0.29) is 11.7 Å². The number of hydrogen-bond donors (Lipinski definition) is 2. The summed E-state index contributed by atoms with van der Waals surface area (Å²) in [6.07, 6.45) is 4.44. The van der Waals surface area contributed by atoms with Gasteiger partial charge in [0.2, 0.25) is 0 Å². The summed E-state index contributed by atoms with van der Waals surface area (Å²) in [4.78, 5) is 12.0. The second-order valence-corrected chi connectivity index (χ2v) is 4.48. The van der Waals surface area contributed by atoms with Crippen LogP contribution in [-0.4, -0.2) is 27.3 Å². The van der Waals surface area contributed by atoms with E-state index in [1.54, 1.807) is 36.0 Å². The van der Waals surface area contributed by atoms with E-state index >= 15 is 0 Å². The highest BCUT2D eigenvalue weighted by molar-refractivity contribution is 5.96. The second-order valence-electron chi connectivity index (χ2n) is 4.48. The smallest absolute Gasteiger partial charge is 0.251 e. The lowest BCUT2D eigenvalue weighted by Crippen LogP contribution is -2.26. The molecule has 0 saturated carbocycles. The number of carbonyl (C=O) groups is 1. The monoisotopic (exact) mass is 259 g/mol. The first-order valence-electron chi connectivity index (χ1n) is 6.12. The van der Waals surface area contributed by atoms with Gasteiger partial charge in [-0.15, -0.1) is 0 Å². The first-order valence-corrected chi connectivity index (χ1v) is 6.12. The molecule has 0 aliphatic heterocycles. The predicted molar refractivity (Wildman–Crippen MR) is 72.1 cm³/mol. The number of phenols is 1. The topological polar surface area (TPSA) is 67.2 Å². The van der Waals surface area contributed by atoms with Crippen LogP contribution < -0.4 is 5.32 Å². The maximum absolute atomic E-state index is 12.0. The van der Waals surface area contributed by atoms with Crippen LogP contribution in [0.4, 0.5) is 0 Å². The number of nitrogens with one attached hydrogen (secondary N) is 1. The number of aromatic nitrogens is 2. The Morgan fingerprint density at radius 1 is 1.47 bits per heavy atom. The van der Waals surface area contributed by atoms with E-state index in [2.05, 4.69) is 10.4 Å². The number of nitrogens with zero attached hydrogens (tertiary/aromatic N) is 2. The lowest BCUT2D eigenvalue weighted by molar-refractivity contribution is 0.0953. The summed E-state index contributed by atoms with van der Waals surface area (Å²) in [5.41, 5.74) is 2.18. The van der Waals surface area contributed by atoms with Gasteiger partial charge < -0.3 is 10.4 Å². The van der Waals surface area contributed by atoms with E-state index in [1.165, 1.54) is 0 Å². The summed E-state index contributed by atoms with van der Waals surface area (Å²) >= 11 is 0. The lowest BCUT2D eigenvalue weighted by atomic mass is 10.1. The minimum absolute atomic E-state index is 0.139. The average molecular weight is 259 g/mol. The molecule has 2 aromatic rings. The van der Waals surface area contributed by atoms with E-state index in [0.717, 1.165) is 12.0 Å². The minimum Gasteiger partial charge on any atom is -0.508 e. The van der Waals surface area contributed by atoms with Crippen molar-refractivity contribution in [3.8, 4) is 5.75 Å². The molecule has 0 saturated heterocycles. The molecule has 0 radical (unpaired) electrons. The van der Waals surface area contributed by atoms with Crippen molar-refractivity contribution in [3.05, 3.63) is 47.3 Å². The van der Waals surface area contributed by atoms with E-state index in [4.69, 9.17) is 0 Å². The van der Waals surface area contributed by atoms with Crippen LogP contribution >= 0.6 is 0 Å². The number of benzene rings is 1. The van der Waals surface area contributed by atoms with Gasteiger partial charge in [0.05, 0.1) is 6.20 Å². The molecule has 0 unspecified atom stereocenters. The molecule has 2 rings (SSSR count). The molecule has 0 aliphatic carbocycles. The molecule has 5 heteroatoms. The van der Waals surface area contributed by atoms with Crippen LogP contribution in [0.3, 0.4) is 0 Å². The summed E-state index contributed by atoms with van der Waals surface area (Å²) in [5, 5.41) is 16.5. The molecule has 1 aromatic heterocycles. The number of carbonyl (C=O) groups excluding carboxylic acids is 1. The largest absolute Gasteiger partial charge is 0.508 e. The average Bonchev–Trinajstić information content (AvgIpc) is 2.78. The Balaban J connectivity index is 1.93. The lowest BCUT2D eigenvalue weighted by Gasteiger charge is -2.08. The molecular formula is C14H17N3O2. The van der Waals surface area contributed by atoms with Crippen LogP contribution in [-0.2, 0) is 13.5 Å². The van der Waals surface area contributed by atoms with Crippen molar-refractivity contribution in [2.45, 2.75) is 13.3 Å². The number of phenolic OH excluding ortho intramolecular Hbond substituents is 1. The molecule has 0 bridgehead atoms. The predicted octanol–water partition coefficient (Wildman–Crippen LogP) is 1.41. The normalized spacial score (nSPS) is 10.4. The Morgan fingerprint density at radius 2 is 2.26 bits per heavy atom. The number of amides is 1. The molecule has 0 spiro atoms. The van der Waals surface area contributed by atoms with E-state index in [1.807, 2.05) is 13.2 Å². The van der Waals surface area contributed by atoms with Crippen molar-refractivity contribution >= 4 is 5.91 Å². The Kier molecular flexibility index (Phi) is 3.85. The maximum atomic E-state index is 12.0. The van der Waals surface area contributed by atoms with Crippen molar-refractivity contribution in [2.75, 3.05) is 6.54 Å². The first kappa shape index (κ1) is 13.1. The Bertz CT molecular complexity index is 590. The quantitative estimate of drug-likeness (QED) is 0.872. The van der Waals surface area contributed by atoms with Gasteiger partial charge in [0.1, 0.15) is 5.75 Å². The van der Waals surface area contributed by atoms with Crippen molar-refractivity contribution in [1.29, 1.82) is 0 Å². The Hall–Kier alpha value is -2.30. The maximum Gasteiger partial charge on any atom is 0.251 e. The third-order valence-corrected chi connectivity index (χ3v) is 3.01. The van der Waals surface area contributed by atoms with Crippen LogP contribution in [0.15, 0.2) is 30.6 Å². The molecule has 2 N–H and O–H groups in total. The Labute approximate surface area is 111 Å². The van der Waals surface area contributed by atoms with Gasteiger partial charge in [-0.1, -0.05) is 6.07 Å².